The number of likely N-dealkylation sites (tertiary alicyclic amines) is 1. The van der Waals surface area contributed by atoms with Crippen molar-refractivity contribution in [2.24, 2.45) is 9.98 Å². The van der Waals surface area contributed by atoms with Crippen molar-refractivity contribution < 1.29 is 28.2 Å². The van der Waals surface area contributed by atoms with E-state index in [0.717, 1.165) is 24.6 Å². The van der Waals surface area contributed by atoms with Gasteiger partial charge < -0.3 is 19.1 Å². The monoisotopic (exact) mass is 616 g/mol. The first kappa shape index (κ1) is 31.6. The van der Waals surface area contributed by atoms with E-state index in [2.05, 4.69) is 25.6 Å². The Labute approximate surface area is 261 Å². The Balaban J connectivity index is 1.25. The van der Waals surface area contributed by atoms with Gasteiger partial charge in [0.1, 0.15) is 29.8 Å². The molecule has 1 saturated heterocycles. The maximum atomic E-state index is 13.9. The van der Waals surface area contributed by atoms with Crippen molar-refractivity contribution in [3.8, 4) is 5.75 Å². The van der Waals surface area contributed by atoms with Crippen LogP contribution in [0.5, 0.6) is 5.75 Å². The van der Waals surface area contributed by atoms with Crippen LogP contribution in [0.4, 0.5) is 19.7 Å². The molecular formula is C33H37FN6O5. The Bertz CT molecular complexity index is 1530. The highest BCUT2D eigenvalue weighted by molar-refractivity contribution is 6.00. The van der Waals surface area contributed by atoms with E-state index in [4.69, 9.17) is 14.2 Å². The summed E-state index contributed by atoms with van der Waals surface area (Å²) in [5.41, 5.74) is 1.30. The van der Waals surface area contributed by atoms with E-state index in [0.29, 0.717) is 36.0 Å². The summed E-state index contributed by atoms with van der Waals surface area (Å²) in [6, 6.07) is 16.9. The molecule has 5 rings (SSSR count). The average Bonchev–Trinajstić information content (AvgIpc) is 3.49. The van der Waals surface area contributed by atoms with Crippen molar-refractivity contribution in [2.75, 3.05) is 18.4 Å². The van der Waals surface area contributed by atoms with Gasteiger partial charge in [0.25, 0.3) is 0 Å². The molecular weight excluding hydrogens is 579 g/mol. The molecule has 2 aliphatic heterocycles. The molecule has 3 aromatic rings. The summed E-state index contributed by atoms with van der Waals surface area (Å²) in [4.78, 5) is 39.9. The molecule has 12 heteroatoms. The van der Waals surface area contributed by atoms with Crippen molar-refractivity contribution in [3.63, 3.8) is 0 Å². The summed E-state index contributed by atoms with van der Waals surface area (Å²) < 4.78 is 31.0. The average molecular weight is 617 g/mol. The molecule has 3 unspecified atom stereocenters. The number of ether oxygens (including phenoxy) is 3. The van der Waals surface area contributed by atoms with E-state index < -0.39 is 29.7 Å². The number of hydrogen-bond donors (Lipinski definition) is 2. The molecule has 11 nitrogen and oxygen atoms in total. The number of amides is 2. The van der Waals surface area contributed by atoms with Crippen molar-refractivity contribution in [2.45, 2.75) is 64.1 Å². The van der Waals surface area contributed by atoms with Crippen LogP contribution in [0, 0.1) is 5.82 Å². The van der Waals surface area contributed by atoms with Gasteiger partial charge in [-0.25, -0.2) is 19.0 Å². The normalized spacial score (nSPS) is 19.5. The van der Waals surface area contributed by atoms with Crippen LogP contribution < -0.4 is 15.4 Å². The van der Waals surface area contributed by atoms with Gasteiger partial charge in [-0.05, 0) is 69.5 Å². The Morgan fingerprint density at radius 1 is 1.07 bits per heavy atom. The van der Waals surface area contributed by atoms with Crippen LogP contribution in [-0.2, 0) is 16.1 Å². The first-order valence-electron chi connectivity index (χ1n) is 14.8. The van der Waals surface area contributed by atoms with Gasteiger partial charge in [-0.1, -0.05) is 30.3 Å². The van der Waals surface area contributed by atoms with E-state index in [1.807, 2.05) is 51.1 Å². The fraction of sp³-hybridized carbons (Fsp3) is 0.364. The number of benzene rings is 2. The molecule has 2 N–H and O–H groups in total. The summed E-state index contributed by atoms with van der Waals surface area (Å²) in [5.74, 6) is 0.282. The van der Waals surface area contributed by atoms with Gasteiger partial charge in [-0.15, -0.1) is 0 Å². The van der Waals surface area contributed by atoms with Gasteiger partial charge >= 0.3 is 12.2 Å². The molecule has 2 aromatic carbocycles. The summed E-state index contributed by atoms with van der Waals surface area (Å²) >= 11 is 0. The van der Waals surface area contributed by atoms with Crippen LogP contribution in [-0.4, -0.2) is 65.0 Å². The fourth-order valence-corrected chi connectivity index (χ4v) is 4.90. The lowest BCUT2D eigenvalue weighted by atomic mass is 10.1. The maximum absolute atomic E-state index is 13.9. The second kappa shape index (κ2) is 14.3. The standard InChI is InChI=1S/C33H37FN6O5/c1-33(2,3)45-32(42)40-15-7-10-26(40)19-36-28-20-37-29(23-16-24(34)18-35-17-23)39-30(28)44-27-13-11-25(12-14-27)38-31(41)43-21-22-8-5-4-6-9-22/h4-6,8-9,11-14,16-18,20,26,28-29,36H,7,10,15,19,21H2,1-3H3,(H,38,41). The third kappa shape index (κ3) is 9.08. The minimum atomic E-state index is -0.744. The van der Waals surface area contributed by atoms with E-state index in [1.165, 1.54) is 12.3 Å². The lowest BCUT2D eigenvalue weighted by Gasteiger charge is -2.30. The second-order valence-electron chi connectivity index (χ2n) is 11.7. The number of aromatic nitrogens is 1. The highest BCUT2D eigenvalue weighted by Crippen LogP contribution is 2.25. The molecule has 0 bridgehead atoms. The van der Waals surface area contributed by atoms with E-state index in [9.17, 15) is 14.0 Å². The summed E-state index contributed by atoms with van der Waals surface area (Å²) in [5, 5.41) is 6.11. The molecule has 0 saturated carbocycles. The minimum absolute atomic E-state index is 0.0772. The van der Waals surface area contributed by atoms with Crippen LogP contribution in [0.1, 0.15) is 50.9 Å². The first-order valence-corrected chi connectivity index (χ1v) is 14.8. The lowest BCUT2D eigenvalue weighted by molar-refractivity contribution is 0.0226. The van der Waals surface area contributed by atoms with Crippen LogP contribution in [0.3, 0.4) is 0 Å². The molecule has 3 heterocycles. The predicted octanol–water partition coefficient (Wildman–Crippen LogP) is 5.89. The van der Waals surface area contributed by atoms with Crippen LogP contribution in [0.15, 0.2) is 83.0 Å². The SMILES string of the molecule is CC(C)(C)OC(=O)N1CCCC1CNC1C=NC(c2cncc(F)c2)N=C1Oc1ccc(NC(=O)OCc2ccccc2)cc1. The number of aliphatic imine (C=N–C) groups is 2. The number of halogens is 1. The molecule has 0 spiro atoms. The molecule has 1 aromatic heterocycles. The van der Waals surface area contributed by atoms with Crippen molar-refractivity contribution in [3.05, 3.63) is 90.0 Å². The Kier molecular flexibility index (Phi) is 10.0. The number of hydrogen-bond acceptors (Lipinski definition) is 9. The molecule has 2 amide bonds. The Hall–Kier alpha value is -4.84. The van der Waals surface area contributed by atoms with Crippen molar-refractivity contribution in [1.82, 2.24) is 15.2 Å². The van der Waals surface area contributed by atoms with Gasteiger partial charge in [-0.3, -0.25) is 20.6 Å². The second-order valence-corrected chi connectivity index (χ2v) is 11.7. The highest BCUT2D eigenvalue weighted by Gasteiger charge is 2.33. The zero-order valence-electron chi connectivity index (χ0n) is 25.5. The predicted molar refractivity (Wildman–Crippen MR) is 168 cm³/mol. The van der Waals surface area contributed by atoms with Gasteiger partial charge in [0.2, 0.25) is 5.90 Å². The quantitative estimate of drug-likeness (QED) is 0.323. The Morgan fingerprint density at radius 3 is 2.58 bits per heavy atom. The van der Waals surface area contributed by atoms with Crippen LogP contribution in [0.25, 0.3) is 0 Å². The van der Waals surface area contributed by atoms with Gasteiger partial charge in [0, 0.05) is 42.8 Å². The van der Waals surface area contributed by atoms with E-state index in [1.54, 1.807) is 35.4 Å². The fourth-order valence-electron chi connectivity index (χ4n) is 4.90. The van der Waals surface area contributed by atoms with Gasteiger partial charge in [0.15, 0.2) is 6.17 Å². The molecule has 45 heavy (non-hydrogen) atoms. The number of anilines is 1. The number of carbonyl (C=O) groups is 2. The van der Waals surface area contributed by atoms with Crippen LogP contribution >= 0.6 is 0 Å². The maximum Gasteiger partial charge on any atom is 0.411 e. The third-order valence-electron chi connectivity index (χ3n) is 7.03. The number of pyridine rings is 1. The molecule has 3 atom stereocenters. The smallest absolute Gasteiger partial charge is 0.411 e. The summed E-state index contributed by atoms with van der Waals surface area (Å²) in [6.07, 6.45) is 4.32. The third-order valence-corrected chi connectivity index (χ3v) is 7.03. The zero-order valence-corrected chi connectivity index (χ0v) is 25.5. The summed E-state index contributed by atoms with van der Waals surface area (Å²) in [6.45, 7) is 6.76. The number of nitrogens with one attached hydrogen (secondary N) is 2. The topological polar surface area (TPSA) is 127 Å². The van der Waals surface area contributed by atoms with Gasteiger partial charge in [0.05, 0.1) is 6.20 Å². The Morgan fingerprint density at radius 2 is 1.84 bits per heavy atom. The number of rotatable bonds is 8. The minimum Gasteiger partial charge on any atom is -0.444 e. The molecule has 1 fully saturated rings. The summed E-state index contributed by atoms with van der Waals surface area (Å²) in [7, 11) is 0. The van der Waals surface area contributed by atoms with Crippen LogP contribution in [0.2, 0.25) is 0 Å². The first-order chi connectivity index (χ1) is 21.6. The lowest BCUT2D eigenvalue weighted by Crippen LogP contribution is -2.50. The zero-order chi connectivity index (χ0) is 31.8. The largest absolute Gasteiger partial charge is 0.444 e. The van der Waals surface area contributed by atoms with Crippen molar-refractivity contribution in [1.29, 1.82) is 0 Å². The van der Waals surface area contributed by atoms with E-state index >= 15 is 0 Å². The van der Waals surface area contributed by atoms with E-state index in [-0.39, 0.29) is 18.7 Å². The molecule has 0 radical (unpaired) electrons. The highest BCUT2D eigenvalue weighted by atomic mass is 19.1. The molecule has 236 valence electrons. The number of nitrogens with zero attached hydrogens (tertiary/aromatic N) is 4. The van der Waals surface area contributed by atoms with Crippen molar-refractivity contribution >= 4 is 30.0 Å². The molecule has 0 aliphatic carbocycles. The van der Waals surface area contributed by atoms with Gasteiger partial charge in [-0.2, -0.15) is 0 Å². The number of carbonyl (C=O) groups excluding carboxylic acids is 2. The molecule has 2 aliphatic rings.